The first-order valence-corrected chi connectivity index (χ1v) is 6.58. The zero-order valence-corrected chi connectivity index (χ0v) is 11.9. The molecule has 0 fully saturated rings. The summed E-state index contributed by atoms with van der Waals surface area (Å²) in [6.07, 6.45) is -0.286. The number of carboxylic acids is 1. The summed E-state index contributed by atoms with van der Waals surface area (Å²) in [5.74, 6) is -1.25. The van der Waals surface area contributed by atoms with Crippen molar-refractivity contribution in [3.05, 3.63) is 59.7 Å². The maximum absolute atomic E-state index is 10.9. The average Bonchev–Trinajstić information content (AvgIpc) is 2.47. The first-order valence-electron chi connectivity index (χ1n) is 6.58. The van der Waals surface area contributed by atoms with E-state index in [1.807, 2.05) is 31.2 Å². The lowest BCUT2D eigenvalue weighted by atomic mass is 10.0. The predicted molar refractivity (Wildman–Crippen MR) is 79.0 cm³/mol. The number of rotatable bonds is 4. The molecule has 0 heterocycles. The van der Waals surface area contributed by atoms with Crippen LogP contribution in [0.1, 0.15) is 35.9 Å². The normalized spacial score (nSPS) is 11.7. The van der Waals surface area contributed by atoms with E-state index in [0.29, 0.717) is 0 Å². The van der Waals surface area contributed by atoms with Crippen molar-refractivity contribution in [2.75, 3.05) is 0 Å². The summed E-state index contributed by atoms with van der Waals surface area (Å²) in [5, 5.41) is 8.87. The molecular weight excluding hydrogens is 268 g/mol. The Labute approximate surface area is 123 Å². The monoisotopic (exact) mass is 284 g/mol. The van der Waals surface area contributed by atoms with E-state index in [2.05, 4.69) is 0 Å². The minimum Gasteiger partial charge on any atom is -0.478 e. The minimum atomic E-state index is -0.938. The molecule has 0 saturated heterocycles. The molecule has 4 heteroatoms. The van der Waals surface area contributed by atoms with E-state index in [1.165, 1.54) is 6.92 Å². The minimum absolute atomic E-state index is 0.263. The number of hydrogen-bond acceptors (Lipinski definition) is 3. The van der Waals surface area contributed by atoms with Crippen molar-refractivity contribution in [1.29, 1.82) is 0 Å². The SMILES string of the molecule is CC(=O)OC(C)c1ccc(-c2ccc(C(=O)O)cc2)cc1. The zero-order valence-electron chi connectivity index (χ0n) is 11.9. The highest BCUT2D eigenvalue weighted by Crippen LogP contribution is 2.23. The van der Waals surface area contributed by atoms with Crippen LogP contribution in [0.25, 0.3) is 11.1 Å². The van der Waals surface area contributed by atoms with Crippen LogP contribution in [0, 0.1) is 0 Å². The van der Waals surface area contributed by atoms with E-state index >= 15 is 0 Å². The molecule has 0 aliphatic heterocycles. The van der Waals surface area contributed by atoms with Gasteiger partial charge in [-0.15, -0.1) is 0 Å². The van der Waals surface area contributed by atoms with Crippen molar-refractivity contribution < 1.29 is 19.4 Å². The van der Waals surface area contributed by atoms with E-state index < -0.39 is 5.97 Å². The second kappa shape index (κ2) is 6.22. The van der Waals surface area contributed by atoms with E-state index in [1.54, 1.807) is 24.3 Å². The third kappa shape index (κ3) is 3.69. The molecule has 21 heavy (non-hydrogen) atoms. The maximum Gasteiger partial charge on any atom is 0.335 e. The van der Waals surface area contributed by atoms with Crippen molar-refractivity contribution in [1.82, 2.24) is 0 Å². The smallest absolute Gasteiger partial charge is 0.335 e. The molecule has 0 aliphatic carbocycles. The highest BCUT2D eigenvalue weighted by molar-refractivity contribution is 5.88. The molecule has 0 aromatic heterocycles. The second-order valence-electron chi connectivity index (χ2n) is 4.76. The van der Waals surface area contributed by atoms with Crippen molar-refractivity contribution >= 4 is 11.9 Å². The fraction of sp³-hybridized carbons (Fsp3) is 0.176. The van der Waals surface area contributed by atoms with Gasteiger partial charge < -0.3 is 9.84 Å². The summed E-state index contributed by atoms with van der Waals surface area (Å²) in [6.45, 7) is 3.20. The molecule has 0 saturated carbocycles. The Morgan fingerprint density at radius 2 is 1.43 bits per heavy atom. The van der Waals surface area contributed by atoms with Crippen LogP contribution >= 0.6 is 0 Å². The molecule has 2 aromatic carbocycles. The van der Waals surface area contributed by atoms with E-state index in [0.717, 1.165) is 16.7 Å². The molecule has 1 atom stereocenters. The molecule has 0 bridgehead atoms. The lowest BCUT2D eigenvalue weighted by Gasteiger charge is -2.12. The predicted octanol–water partition coefficient (Wildman–Crippen LogP) is 3.68. The maximum atomic E-state index is 10.9. The fourth-order valence-electron chi connectivity index (χ4n) is 2.07. The lowest BCUT2D eigenvalue weighted by Crippen LogP contribution is -2.04. The number of carboxylic acid groups (broad SMARTS) is 1. The summed E-state index contributed by atoms with van der Waals surface area (Å²) >= 11 is 0. The number of esters is 1. The molecule has 0 spiro atoms. The molecule has 2 aromatic rings. The molecule has 0 amide bonds. The van der Waals surface area contributed by atoms with Gasteiger partial charge in [-0.05, 0) is 35.7 Å². The molecule has 0 radical (unpaired) electrons. The Balaban J connectivity index is 2.18. The van der Waals surface area contributed by atoms with Gasteiger partial charge in [-0.3, -0.25) is 4.79 Å². The van der Waals surface area contributed by atoms with Gasteiger partial charge in [0.1, 0.15) is 6.10 Å². The summed E-state index contributed by atoms with van der Waals surface area (Å²) < 4.78 is 5.12. The Morgan fingerprint density at radius 3 is 1.86 bits per heavy atom. The number of aromatic carboxylic acids is 1. The first-order chi connectivity index (χ1) is 9.97. The molecule has 4 nitrogen and oxygen atoms in total. The largest absolute Gasteiger partial charge is 0.478 e. The molecule has 1 unspecified atom stereocenters. The quantitative estimate of drug-likeness (QED) is 0.870. The Kier molecular flexibility index (Phi) is 4.38. The van der Waals surface area contributed by atoms with Crippen molar-refractivity contribution in [2.45, 2.75) is 20.0 Å². The van der Waals surface area contributed by atoms with Gasteiger partial charge in [0.25, 0.3) is 0 Å². The standard InChI is InChI=1S/C17H16O4/c1-11(21-12(2)18)13-3-5-14(6-4-13)15-7-9-16(10-8-15)17(19)20/h3-11H,1-2H3,(H,19,20). The zero-order chi connectivity index (χ0) is 15.4. The van der Waals surface area contributed by atoms with Gasteiger partial charge in [0.2, 0.25) is 0 Å². The second-order valence-corrected chi connectivity index (χ2v) is 4.76. The molecule has 1 N–H and O–H groups in total. The van der Waals surface area contributed by atoms with Gasteiger partial charge in [-0.25, -0.2) is 4.79 Å². The van der Waals surface area contributed by atoms with Crippen LogP contribution in [0.15, 0.2) is 48.5 Å². The van der Waals surface area contributed by atoms with Gasteiger partial charge in [-0.1, -0.05) is 36.4 Å². The number of benzene rings is 2. The Bertz CT molecular complexity index is 641. The highest BCUT2D eigenvalue weighted by Gasteiger charge is 2.09. The molecule has 0 aliphatic rings. The van der Waals surface area contributed by atoms with E-state index in [9.17, 15) is 9.59 Å². The number of carbonyl (C=O) groups is 2. The molecule has 2 rings (SSSR count). The Morgan fingerprint density at radius 1 is 0.952 bits per heavy atom. The highest BCUT2D eigenvalue weighted by atomic mass is 16.5. The van der Waals surface area contributed by atoms with Gasteiger partial charge in [-0.2, -0.15) is 0 Å². The van der Waals surface area contributed by atoms with Gasteiger partial charge in [0, 0.05) is 6.92 Å². The third-order valence-electron chi connectivity index (χ3n) is 3.19. The van der Waals surface area contributed by atoms with Crippen molar-refractivity contribution in [2.24, 2.45) is 0 Å². The van der Waals surface area contributed by atoms with Crippen LogP contribution in [0.2, 0.25) is 0 Å². The van der Waals surface area contributed by atoms with Crippen LogP contribution in [0.3, 0.4) is 0 Å². The van der Waals surface area contributed by atoms with Gasteiger partial charge in [0.05, 0.1) is 5.56 Å². The summed E-state index contributed by atoms with van der Waals surface area (Å²) in [7, 11) is 0. The van der Waals surface area contributed by atoms with Crippen LogP contribution in [-0.2, 0) is 9.53 Å². The first kappa shape index (κ1) is 14.8. The van der Waals surface area contributed by atoms with Gasteiger partial charge in [0.15, 0.2) is 0 Å². The number of hydrogen-bond donors (Lipinski definition) is 1. The fourth-order valence-corrected chi connectivity index (χ4v) is 2.07. The summed E-state index contributed by atoms with van der Waals surface area (Å²) in [6, 6.07) is 14.3. The topological polar surface area (TPSA) is 63.6 Å². The summed E-state index contributed by atoms with van der Waals surface area (Å²) in [4.78, 5) is 21.7. The lowest BCUT2D eigenvalue weighted by molar-refractivity contribution is -0.145. The van der Waals surface area contributed by atoms with Gasteiger partial charge >= 0.3 is 11.9 Å². The Hall–Kier alpha value is -2.62. The van der Waals surface area contributed by atoms with E-state index in [4.69, 9.17) is 9.84 Å². The van der Waals surface area contributed by atoms with E-state index in [-0.39, 0.29) is 17.6 Å². The average molecular weight is 284 g/mol. The van der Waals surface area contributed by atoms with Crippen molar-refractivity contribution in [3.8, 4) is 11.1 Å². The molecule has 108 valence electrons. The molecular formula is C17H16O4. The van der Waals surface area contributed by atoms with Crippen LogP contribution in [-0.4, -0.2) is 17.0 Å². The van der Waals surface area contributed by atoms with Crippen LogP contribution in [0.5, 0.6) is 0 Å². The summed E-state index contributed by atoms with van der Waals surface area (Å²) in [5.41, 5.74) is 3.09. The third-order valence-corrected chi connectivity index (χ3v) is 3.19. The van der Waals surface area contributed by atoms with Crippen LogP contribution < -0.4 is 0 Å². The van der Waals surface area contributed by atoms with Crippen LogP contribution in [0.4, 0.5) is 0 Å². The number of ether oxygens (including phenoxy) is 1. The number of carbonyl (C=O) groups excluding carboxylic acids is 1. The van der Waals surface area contributed by atoms with Crippen molar-refractivity contribution in [3.63, 3.8) is 0 Å².